The molecule has 0 aliphatic rings. The lowest BCUT2D eigenvalue weighted by atomic mass is 10.2. The van der Waals surface area contributed by atoms with E-state index in [1.165, 1.54) is 31.2 Å². The quantitative estimate of drug-likeness (QED) is 0.383. The first kappa shape index (κ1) is 11.4. The Balaban J connectivity index is 2.15. The summed E-state index contributed by atoms with van der Waals surface area (Å²) in [5.41, 5.74) is 3.24. The summed E-state index contributed by atoms with van der Waals surface area (Å²) >= 11 is 1.85. The number of hydrogen-bond donors (Lipinski definition) is 0. The molecule has 3 aromatic heterocycles. The van der Waals surface area contributed by atoms with Gasteiger partial charge < -0.3 is 8.98 Å². The van der Waals surface area contributed by atoms with Crippen LogP contribution in [0.2, 0.25) is 0 Å². The van der Waals surface area contributed by atoms with Gasteiger partial charge in [-0.3, -0.25) is 0 Å². The van der Waals surface area contributed by atoms with Crippen molar-refractivity contribution in [3.63, 3.8) is 0 Å². The zero-order valence-corrected chi connectivity index (χ0v) is 12.4. The highest BCUT2D eigenvalue weighted by atomic mass is 32.1. The summed E-state index contributed by atoms with van der Waals surface area (Å²) in [6, 6.07) is 16.9. The van der Waals surface area contributed by atoms with E-state index >= 15 is 0 Å². The molecule has 3 heterocycles. The van der Waals surface area contributed by atoms with E-state index in [1.807, 2.05) is 17.4 Å². The molecule has 0 bridgehead atoms. The highest BCUT2D eigenvalue weighted by Gasteiger charge is 2.20. The Labute approximate surface area is 125 Å². The van der Waals surface area contributed by atoms with Gasteiger partial charge in [-0.25, -0.2) is 0 Å². The monoisotopic (exact) mass is 291 g/mol. The predicted octanol–water partition coefficient (Wildman–Crippen LogP) is 5.78. The number of thiophene rings is 1. The Hall–Kier alpha value is -2.26. The number of nitrogens with zero attached hydrogens (tertiary/aromatic N) is 1. The van der Waals surface area contributed by atoms with Crippen LogP contribution >= 0.6 is 11.3 Å². The van der Waals surface area contributed by atoms with Gasteiger partial charge in [0.15, 0.2) is 5.58 Å². The maximum absolute atomic E-state index is 6.20. The summed E-state index contributed by atoms with van der Waals surface area (Å²) in [4.78, 5) is 1.32. The van der Waals surface area contributed by atoms with Gasteiger partial charge in [0.2, 0.25) is 0 Å². The van der Waals surface area contributed by atoms with Crippen LogP contribution in [0.5, 0.6) is 0 Å². The molecule has 21 heavy (non-hydrogen) atoms. The number of aryl methyl sites for hydroxylation is 1. The van der Waals surface area contributed by atoms with Gasteiger partial charge in [-0.2, -0.15) is 0 Å². The molecule has 0 amide bonds. The fraction of sp³-hybridized carbons (Fsp3) is 0.111. The smallest absolute Gasteiger partial charge is 0.162 e. The number of furan rings is 1. The van der Waals surface area contributed by atoms with Crippen LogP contribution in [-0.4, -0.2) is 4.57 Å². The first-order valence-corrected chi connectivity index (χ1v) is 8.01. The Kier molecular flexibility index (Phi) is 2.11. The SMILES string of the molecule is CCn1c2sc3ccccc3c2c2oc3ccccc3c21. The lowest BCUT2D eigenvalue weighted by Crippen LogP contribution is -1.90. The van der Waals surface area contributed by atoms with Gasteiger partial charge in [0.1, 0.15) is 10.4 Å². The van der Waals surface area contributed by atoms with Crippen molar-refractivity contribution >= 4 is 53.7 Å². The molecule has 5 aromatic rings. The summed E-state index contributed by atoms with van der Waals surface area (Å²) in [6.45, 7) is 3.15. The van der Waals surface area contributed by atoms with Crippen molar-refractivity contribution in [2.45, 2.75) is 13.5 Å². The molecule has 0 saturated heterocycles. The third-order valence-corrected chi connectivity index (χ3v) is 5.40. The van der Waals surface area contributed by atoms with Crippen molar-refractivity contribution in [3.8, 4) is 0 Å². The zero-order valence-electron chi connectivity index (χ0n) is 11.6. The summed E-state index contributed by atoms with van der Waals surface area (Å²) < 4.78 is 9.92. The van der Waals surface area contributed by atoms with Crippen LogP contribution < -0.4 is 0 Å². The number of rotatable bonds is 1. The lowest BCUT2D eigenvalue weighted by molar-refractivity contribution is 0.672. The Morgan fingerprint density at radius 3 is 2.62 bits per heavy atom. The van der Waals surface area contributed by atoms with Crippen molar-refractivity contribution in [1.82, 2.24) is 4.57 Å². The fourth-order valence-corrected chi connectivity index (χ4v) is 4.58. The van der Waals surface area contributed by atoms with Crippen LogP contribution in [-0.2, 0) is 6.54 Å². The second-order valence-electron chi connectivity index (χ2n) is 5.30. The second-order valence-corrected chi connectivity index (χ2v) is 6.33. The average molecular weight is 291 g/mol. The lowest BCUT2D eigenvalue weighted by Gasteiger charge is -1.99. The average Bonchev–Trinajstić information content (AvgIpc) is 3.14. The molecule has 0 unspecified atom stereocenters. The maximum Gasteiger partial charge on any atom is 0.162 e. The predicted molar refractivity (Wildman–Crippen MR) is 90.3 cm³/mol. The minimum absolute atomic E-state index is 0.955. The third kappa shape index (κ3) is 1.32. The summed E-state index contributed by atoms with van der Waals surface area (Å²) in [5, 5.41) is 3.78. The molecular formula is C18H13NOS. The van der Waals surface area contributed by atoms with E-state index in [0.717, 1.165) is 17.7 Å². The largest absolute Gasteiger partial charge is 0.454 e. The van der Waals surface area contributed by atoms with E-state index < -0.39 is 0 Å². The minimum Gasteiger partial charge on any atom is -0.454 e. The Bertz CT molecular complexity index is 1130. The molecule has 0 atom stereocenters. The van der Waals surface area contributed by atoms with Gasteiger partial charge in [0.05, 0.1) is 10.9 Å². The Morgan fingerprint density at radius 1 is 1.00 bits per heavy atom. The van der Waals surface area contributed by atoms with E-state index in [4.69, 9.17) is 4.42 Å². The van der Waals surface area contributed by atoms with Crippen LogP contribution in [0.25, 0.3) is 42.4 Å². The number of benzene rings is 2. The van der Waals surface area contributed by atoms with Crippen LogP contribution in [0.15, 0.2) is 52.9 Å². The molecule has 0 spiro atoms. The maximum atomic E-state index is 6.20. The molecule has 2 nitrogen and oxygen atoms in total. The zero-order chi connectivity index (χ0) is 14.0. The van der Waals surface area contributed by atoms with Crippen LogP contribution in [0.4, 0.5) is 0 Å². The molecule has 3 heteroatoms. The van der Waals surface area contributed by atoms with Crippen molar-refractivity contribution in [2.75, 3.05) is 0 Å². The topological polar surface area (TPSA) is 18.1 Å². The molecule has 0 saturated carbocycles. The van der Waals surface area contributed by atoms with Crippen molar-refractivity contribution in [1.29, 1.82) is 0 Å². The normalized spacial score (nSPS) is 12.2. The van der Waals surface area contributed by atoms with Gasteiger partial charge in [-0.1, -0.05) is 30.3 Å². The van der Waals surface area contributed by atoms with Gasteiger partial charge in [0.25, 0.3) is 0 Å². The molecule has 0 N–H and O–H groups in total. The molecule has 0 fully saturated rings. The standard InChI is InChI=1S/C18H13NOS/c1-2-19-16-11-7-3-5-9-13(11)20-17(16)15-12-8-4-6-10-14(12)21-18(15)19/h3-10H,2H2,1H3. The minimum atomic E-state index is 0.955. The first-order chi connectivity index (χ1) is 10.4. The van der Waals surface area contributed by atoms with Crippen LogP contribution in [0.1, 0.15) is 6.92 Å². The fourth-order valence-electron chi connectivity index (χ4n) is 3.31. The molecular weight excluding hydrogens is 278 g/mol. The Morgan fingerprint density at radius 2 is 1.76 bits per heavy atom. The molecule has 0 aliphatic heterocycles. The molecule has 0 radical (unpaired) electrons. The van der Waals surface area contributed by atoms with E-state index in [0.29, 0.717) is 0 Å². The second kappa shape index (κ2) is 3.89. The number of fused-ring (bicyclic) bond motifs is 7. The van der Waals surface area contributed by atoms with Gasteiger partial charge >= 0.3 is 0 Å². The number of aromatic nitrogens is 1. The summed E-state index contributed by atoms with van der Waals surface area (Å²) in [6.07, 6.45) is 0. The van der Waals surface area contributed by atoms with Gasteiger partial charge in [0, 0.05) is 22.0 Å². The van der Waals surface area contributed by atoms with E-state index in [2.05, 4.69) is 54.0 Å². The molecule has 5 rings (SSSR count). The highest BCUT2D eigenvalue weighted by Crippen LogP contribution is 2.43. The van der Waals surface area contributed by atoms with E-state index in [9.17, 15) is 0 Å². The van der Waals surface area contributed by atoms with Crippen molar-refractivity contribution < 1.29 is 4.42 Å². The number of hydrogen-bond acceptors (Lipinski definition) is 2. The molecule has 102 valence electrons. The van der Waals surface area contributed by atoms with Crippen molar-refractivity contribution in [3.05, 3.63) is 48.5 Å². The van der Waals surface area contributed by atoms with Gasteiger partial charge in [-0.05, 0) is 25.1 Å². The van der Waals surface area contributed by atoms with Crippen LogP contribution in [0.3, 0.4) is 0 Å². The number of para-hydroxylation sites is 1. The summed E-state index contributed by atoms with van der Waals surface area (Å²) in [5.74, 6) is 0. The van der Waals surface area contributed by atoms with Crippen molar-refractivity contribution in [2.24, 2.45) is 0 Å². The summed E-state index contributed by atoms with van der Waals surface area (Å²) in [7, 11) is 0. The van der Waals surface area contributed by atoms with Gasteiger partial charge in [-0.15, -0.1) is 11.3 Å². The van der Waals surface area contributed by atoms with E-state index in [-0.39, 0.29) is 0 Å². The van der Waals surface area contributed by atoms with Crippen LogP contribution in [0, 0.1) is 0 Å². The molecule has 2 aromatic carbocycles. The van der Waals surface area contributed by atoms with E-state index in [1.54, 1.807) is 0 Å². The molecule has 0 aliphatic carbocycles. The highest BCUT2D eigenvalue weighted by molar-refractivity contribution is 7.25. The first-order valence-electron chi connectivity index (χ1n) is 7.19. The third-order valence-electron chi connectivity index (χ3n) is 4.20.